The summed E-state index contributed by atoms with van der Waals surface area (Å²) in [6.45, 7) is 4.49. The zero-order valence-electron chi connectivity index (χ0n) is 13.5. The number of hydrogen-bond donors (Lipinski definition) is 2. The second-order valence-corrected chi connectivity index (χ2v) is 5.45. The first kappa shape index (κ1) is 15.7. The Morgan fingerprint density at radius 1 is 1.17 bits per heavy atom. The first-order valence-corrected chi connectivity index (χ1v) is 7.60. The Morgan fingerprint density at radius 2 is 2.04 bits per heavy atom. The van der Waals surface area contributed by atoms with Gasteiger partial charge in [0.25, 0.3) is 5.91 Å². The Balaban J connectivity index is 1.68. The molecule has 0 aliphatic carbocycles. The zero-order valence-corrected chi connectivity index (χ0v) is 13.5. The highest BCUT2D eigenvalue weighted by atomic mass is 16.3. The van der Waals surface area contributed by atoms with Gasteiger partial charge < -0.3 is 15.1 Å². The first-order valence-electron chi connectivity index (χ1n) is 7.60. The molecule has 0 spiro atoms. The van der Waals surface area contributed by atoms with Crippen molar-refractivity contribution in [1.29, 1.82) is 0 Å². The fourth-order valence-corrected chi connectivity index (χ4v) is 2.16. The monoisotopic (exact) mass is 322 g/mol. The van der Waals surface area contributed by atoms with Gasteiger partial charge in [0.2, 0.25) is 5.95 Å². The SMILES string of the molecule is Cc1ccc(NC(=O)c2ccnc(NCc3ccco3)n2)cc1C. The smallest absolute Gasteiger partial charge is 0.274 e. The molecule has 2 aromatic heterocycles. The van der Waals surface area contributed by atoms with Crippen LogP contribution >= 0.6 is 0 Å². The Hall–Kier alpha value is -3.15. The molecular weight excluding hydrogens is 304 g/mol. The molecule has 1 aromatic carbocycles. The molecule has 1 amide bonds. The lowest BCUT2D eigenvalue weighted by Gasteiger charge is -2.08. The van der Waals surface area contributed by atoms with Crippen LogP contribution in [0.15, 0.2) is 53.3 Å². The van der Waals surface area contributed by atoms with Gasteiger partial charge in [-0.1, -0.05) is 6.07 Å². The van der Waals surface area contributed by atoms with Gasteiger partial charge in [0.1, 0.15) is 11.5 Å². The lowest BCUT2D eigenvalue weighted by molar-refractivity contribution is 0.102. The van der Waals surface area contributed by atoms with E-state index in [9.17, 15) is 4.79 Å². The molecule has 0 aliphatic rings. The van der Waals surface area contributed by atoms with Crippen LogP contribution in [0, 0.1) is 13.8 Å². The van der Waals surface area contributed by atoms with Crippen molar-refractivity contribution in [3.05, 3.63) is 71.4 Å². The molecule has 3 aromatic rings. The van der Waals surface area contributed by atoms with Crippen molar-refractivity contribution in [2.75, 3.05) is 10.6 Å². The van der Waals surface area contributed by atoms with E-state index < -0.39 is 0 Å². The molecule has 24 heavy (non-hydrogen) atoms. The molecule has 0 aliphatic heterocycles. The van der Waals surface area contributed by atoms with E-state index in [1.54, 1.807) is 18.5 Å². The van der Waals surface area contributed by atoms with E-state index in [0.717, 1.165) is 17.0 Å². The maximum absolute atomic E-state index is 12.3. The third-order valence-electron chi connectivity index (χ3n) is 3.65. The molecule has 3 rings (SSSR count). The molecule has 0 bridgehead atoms. The highest BCUT2D eigenvalue weighted by Crippen LogP contribution is 2.15. The molecule has 0 atom stereocenters. The van der Waals surface area contributed by atoms with Gasteiger partial charge in [-0.25, -0.2) is 9.97 Å². The van der Waals surface area contributed by atoms with Crippen LogP contribution in [-0.2, 0) is 6.54 Å². The molecule has 2 heterocycles. The number of benzene rings is 1. The predicted molar refractivity (Wildman–Crippen MR) is 91.9 cm³/mol. The van der Waals surface area contributed by atoms with Crippen molar-refractivity contribution in [3.63, 3.8) is 0 Å². The van der Waals surface area contributed by atoms with E-state index in [1.165, 1.54) is 5.56 Å². The van der Waals surface area contributed by atoms with E-state index in [2.05, 4.69) is 20.6 Å². The molecule has 0 fully saturated rings. The summed E-state index contributed by atoms with van der Waals surface area (Å²) >= 11 is 0. The minimum Gasteiger partial charge on any atom is -0.467 e. The summed E-state index contributed by atoms with van der Waals surface area (Å²) in [5, 5.41) is 5.87. The average molecular weight is 322 g/mol. The van der Waals surface area contributed by atoms with Gasteiger partial charge in [0.15, 0.2) is 0 Å². The summed E-state index contributed by atoms with van der Waals surface area (Å²) in [4.78, 5) is 20.7. The second-order valence-electron chi connectivity index (χ2n) is 5.45. The van der Waals surface area contributed by atoms with E-state index in [0.29, 0.717) is 18.2 Å². The van der Waals surface area contributed by atoms with Crippen molar-refractivity contribution in [2.45, 2.75) is 20.4 Å². The number of carbonyl (C=O) groups is 1. The normalized spacial score (nSPS) is 10.4. The number of nitrogens with one attached hydrogen (secondary N) is 2. The third kappa shape index (κ3) is 3.78. The highest BCUT2D eigenvalue weighted by molar-refractivity contribution is 6.03. The third-order valence-corrected chi connectivity index (χ3v) is 3.65. The maximum atomic E-state index is 12.3. The van der Waals surface area contributed by atoms with Crippen LogP contribution in [0.3, 0.4) is 0 Å². The molecule has 0 saturated carbocycles. The van der Waals surface area contributed by atoms with Crippen LogP contribution in [0.4, 0.5) is 11.6 Å². The van der Waals surface area contributed by atoms with Crippen LogP contribution in [0.25, 0.3) is 0 Å². The minimum absolute atomic E-state index is 0.276. The van der Waals surface area contributed by atoms with Gasteiger partial charge in [-0.15, -0.1) is 0 Å². The number of aryl methyl sites for hydroxylation is 2. The van der Waals surface area contributed by atoms with Gasteiger partial charge in [-0.05, 0) is 55.3 Å². The van der Waals surface area contributed by atoms with Crippen LogP contribution in [0.5, 0.6) is 0 Å². The molecule has 6 heteroatoms. The average Bonchev–Trinajstić information content (AvgIpc) is 3.10. The van der Waals surface area contributed by atoms with Crippen molar-refractivity contribution in [2.24, 2.45) is 0 Å². The van der Waals surface area contributed by atoms with E-state index in [-0.39, 0.29) is 5.91 Å². The van der Waals surface area contributed by atoms with Crippen molar-refractivity contribution in [1.82, 2.24) is 9.97 Å². The Bertz CT molecular complexity index is 844. The quantitative estimate of drug-likeness (QED) is 0.751. The number of carbonyl (C=O) groups excluding carboxylic acids is 1. The lowest BCUT2D eigenvalue weighted by atomic mass is 10.1. The summed E-state index contributed by atoms with van der Waals surface area (Å²) in [6.07, 6.45) is 3.15. The van der Waals surface area contributed by atoms with Crippen LogP contribution in [0.2, 0.25) is 0 Å². The summed E-state index contributed by atoms with van der Waals surface area (Å²) in [7, 11) is 0. The largest absolute Gasteiger partial charge is 0.467 e. The first-order chi connectivity index (χ1) is 11.6. The van der Waals surface area contributed by atoms with Crippen LogP contribution in [-0.4, -0.2) is 15.9 Å². The summed E-state index contributed by atoms with van der Waals surface area (Å²) < 4.78 is 5.24. The van der Waals surface area contributed by atoms with Crippen molar-refractivity contribution < 1.29 is 9.21 Å². The predicted octanol–water partition coefficient (Wildman–Crippen LogP) is 3.55. The Labute approximate surface area is 140 Å². The molecule has 0 radical (unpaired) electrons. The summed E-state index contributed by atoms with van der Waals surface area (Å²) in [6, 6.07) is 11.0. The molecular formula is C18H18N4O2. The van der Waals surface area contributed by atoms with Gasteiger partial charge in [-0.2, -0.15) is 0 Å². The summed E-state index contributed by atoms with van der Waals surface area (Å²) in [5.41, 5.74) is 3.34. The fraction of sp³-hybridized carbons (Fsp3) is 0.167. The molecule has 0 saturated heterocycles. The topological polar surface area (TPSA) is 80.0 Å². The van der Waals surface area contributed by atoms with Crippen LogP contribution in [0.1, 0.15) is 27.4 Å². The van der Waals surface area contributed by atoms with Crippen LogP contribution < -0.4 is 10.6 Å². The number of nitrogens with zero attached hydrogens (tertiary/aromatic N) is 2. The number of furan rings is 1. The summed E-state index contributed by atoms with van der Waals surface area (Å²) in [5.74, 6) is 0.865. The molecule has 6 nitrogen and oxygen atoms in total. The van der Waals surface area contributed by atoms with Crippen molar-refractivity contribution >= 4 is 17.5 Å². The molecule has 2 N–H and O–H groups in total. The number of rotatable bonds is 5. The van der Waals surface area contributed by atoms with E-state index in [4.69, 9.17) is 4.42 Å². The zero-order chi connectivity index (χ0) is 16.9. The number of aromatic nitrogens is 2. The number of hydrogen-bond acceptors (Lipinski definition) is 5. The van der Waals surface area contributed by atoms with Crippen molar-refractivity contribution in [3.8, 4) is 0 Å². The van der Waals surface area contributed by atoms with E-state index in [1.807, 2.05) is 44.2 Å². The van der Waals surface area contributed by atoms with Gasteiger partial charge >= 0.3 is 0 Å². The minimum atomic E-state index is -0.276. The Kier molecular flexibility index (Phi) is 4.56. The van der Waals surface area contributed by atoms with Gasteiger partial charge in [-0.3, -0.25) is 4.79 Å². The van der Waals surface area contributed by atoms with E-state index >= 15 is 0 Å². The fourth-order valence-electron chi connectivity index (χ4n) is 2.16. The molecule has 0 unspecified atom stereocenters. The van der Waals surface area contributed by atoms with Gasteiger partial charge in [0.05, 0.1) is 12.8 Å². The second kappa shape index (κ2) is 6.95. The lowest BCUT2D eigenvalue weighted by Crippen LogP contribution is -2.15. The Morgan fingerprint density at radius 3 is 2.79 bits per heavy atom. The maximum Gasteiger partial charge on any atom is 0.274 e. The number of anilines is 2. The number of amides is 1. The van der Waals surface area contributed by atoms with Gasteiger partial charge in [0, 0.05) is 11.9 Å². The highest BCUT2D eigenvalue weighted by Gasteiger charge is 2.10. The standard InChI is InChI=1S/C18H18N4O2/c1-12-5-6-14(10-13(12)2)21-17(23)16-7-8-19-18(22-16)20-11-15-4-3-9-24-15/h3-10H,11H2,1-2H3,(H,21,23)(H,19,20,22). The molecule has 122 valence electrons.